The highest BCUT2D eigenvalue weighted by molar-refractivity contribution is 6.46. The first kappa shape index (κ1) is 20.0. The molecule has 0 aliphatic carbocycles. The first-order valence-electron chi connectivity index (χ1n) is 10.4. The summed E-state index contributed by atoms with van der Waals surface area (Å²) in [6.45, 7) is 0.515. The lowest BCUT2D eigenvalue weighted by molar-refractivity contribution is -0.140. The lowest BCUT2D eigenvalue weighted by Gasteiger charge is -2.26. The third-order valence-corrected chi connectivity index (χ3v) is 6.04. The SMILES string of the molecule is COCCN1C(=O)C(=O)/C(=C(/O)c2c[nH]c3ccccc23)C1c1cccc2ccccc12. The second kappa shape index (κ2) is 7.98. The molecule has 0 saturated carbocycles. The Labute approximate surface area is 184 Å². The average Bonchev–Trinajstić information content (AvgIpc) is 3.36. The molecule has 2 heterocycles. The number of methoxy groups -OCH3 is 1. The first-order valence-corrected chi connectivity index (χ1v) is 10.4. The number of likely N-dealkylation sites (tertiary alicyclic amines) is 1. The van der Waals surface area contributed by atoms with Crippen molar-refractivity contribution in [3.63, 3.8) is 0 Å². The Morgan fingerprint density at radius 1 is 1.00 bits per heavy atom. The van der Waals surface area contributed by atoms with Crippen LogP contribution in [0.1, 0.15) is 17.2 Å². The van der Waals surface area contributed by atoms with E-state index in [4.69, 9.17) is 4.74 Å². The number of rotatable bonds is 5. The highest BCUT2D eigenvalue weighted by Crippen LogP contribution is 2.42. The lowest BCUT2D eigenvalue weighted by Crippen LogP contribution is -2.32. The first-order chi connectivity index (χ1) is 15.6. The number of nitrogens with one attached hydrogen (secondary N) is 1. The summed E-state index contributed by atoms with van der Waals surface area (Å²) in [5.74, 6) is -1.51. The molecule has 1 aromatic heterocycles. The van der Waals surface area contributed by atoms with Gasteiger partial charge in [-0.3, -0.25) is 9.59 Å². The van der Waals surface area contributed by atoms with Gasteiger partial charge in [0.05, 0.1) is 18.2 Å². The van der Waals surface area contributed by atoms with Crippen LogP contribution in [0.4, 0.5) is 0 Å². The van der Waals surface area contributed by atoms with E-state index < -0.39 is 17.7 Å². The van der Waals surface area contributed by atoms with Crippen molar-refractivity contribution in [1.29, 1.82) is 0 Å². The molecule has 0 radical (unpaired) electrons. The highest BCUT2D eigenvalue weighted by atomic mass is 16.5. The molecule has 0 spiro atoms. The smallest absolute Gasteiger partial charge is 0.295 e. The van der Waals surface area contributed by atoms with E-state index >= 15 is 0 Å². The van der Waals surface area contributed by atoms with E-state index in [0.717, 1.165) is 27.2 Å². The molecule has 2 N–H and O–H groups in total. The van der Waals surface area contributed by atoms with E-state index in [-0.39, 0.29) is 24.5 Å². The topological polar surface area (TPSA) is 82.6 Å². The van der Waals surface area contributed by atoms with Crippen molar-refractivity contribution in [2.75, 3.05) is 20.3 Å². The van der Waals surface area contributed by atoms with Gasteiger partial charge in [0.1, 0.15) is 5.76 Å². The number of ketones is 1. The zero-order valence-corrected chi connectivity index (χ0v) is 17.5. The van der Waals surface area contributed by atoms with Gasteiger partial charge in [-0.2, -0.15) is 0 Å². The van der Waals surface area contributed by atoms with Crippen molar-refractivity contribution in [3.8, 4) is 0 Å². The van der Waals surface area contributed by atoms with Crippen LogP contribution in [-0.2, 0) is 14.3 Å². The Morgan fingerprint density at radius 3 is 2.53 bits per heavy atom. The van der Waals surface area contributed by atoms with Crippen LogP contribution < -0.4 is 0 Å². The maximum Gasteiger partial charge on any atom is 0.295 e. The van der Waals surface area contributed by atoms with Crippen LogP contribution in [-0.4, -0.2) is 46.9 Å². The Hall–Kier alpha value is -3.90. The summed E-state index contributed by atoms with van der Waals surface area (Å²) in [4.78, 5) is 30.9. The summed E-state index contributed by atoms with van der Waals surface area (Å²) in [5.41, 5.74) is 2.21. The number of fused-ring (bicyclic) bond motifs is 2. The molecule has 1 unspecified atom stereocenters. The average molecular weight is 426 g/mol. The molecule has 6 nitrogen and oxygen atoms in total. The van der Waals surface area contributed by atoms with Crippen molar-refractivity contribution in [2.24, 2.45) is 0 Å². The second-order valence-corrected chi connectivity index (χ2v) is 7.80. The number of aliphatic hydroxyl groups excluding tert-OH is 1. The molecular weight excluding hydrogens is 404 g/mol. The molecule has 1 saturated heterocycles. The minimum Gasteiger partial charge on any atom is -0.507 e. The maximum atomic E-state index is 13.2. The summed E-state index contributed by atoms with van der Waals surface area (Å²) in [5, 5.41) is 14.1. The quantitative estimate of drug-likeness (QED) is 0.282. The number of aliphatic hydroxyl groups is 1. The van der Waals surface area contributed by atoms with Gasteiger partial charge in [0.2, 0.25) is 0 Å². The molecule has 32 heavy (non-hydrogen) atoms. The van der Waals surface area contributed by atoms with Crippen molar-refractivity contribution in [1.82, 2.24) is 9.88 Å². The number of aromatic nitrogens is 1. The van der Waals surface area contributed by atoms with Crippen LogP contribution in [0.15, 0.2) is 78.5 Å². The molecule has 160 valence electrons. The van der Waals surface area contributed by atoms with Crippen LogP contribution in [0.25, 0.3) is 27.4 Å². The second-order valence-electron chi connectivity index (χ2n) is 7.80. The van der Waals surface area contributed by atoms with Gasteiger partial charge in [-0.25, -0.2) is 0 Å². The van der Waals surface area contributed by atoms with Crippen LogP contribution in [0.5, 0.6) is 0 Å². The molecule has 4 aromatic rings. The van der Waals surface area contributed by atoms with Gasteiger partial charge < -0.3 is 19.7 Å². The molecule has 1 aliphatic rings. The molecule has 3 aromatic carbocycles. The number of hydrogen-bond acceptors (Lipinski definition) is 4. The Balaban J connectivity index is 1.77. The Morgan fingerprint density at radius 2 is 1.72 bits per heavy atom. The van der Waals surface area contributed by atoms with Gasteiger partial charge in [-0.1, -0.05) is 60.7 Å². The van der Waals surface area contributed by atoms with Gasteiger partial charge in [0.15, 0.2) is 0 Å². The van der Waals surface area contributed by atoms with Crippen LogP contribution in [0, 0.1) is 0 Å². The summed E-state index contributed by atoms with van der Waals surface area (Å²) in [6, 6.07) is 20.4. The fraction of sp³-hybridized carbons (Fsp3) is 0.154. The fourth-order valence-electron chi connectivity index (χ4n) is 4.53. The van der Waals surface area contributed by atoms with Gasteiger partial charge in [0.25, 0.3) is 11.7 Å². The summed E-state index contributed by atoms with van der Waals surface area (Å²) in [6.07, 6.45) is 1.67. The lowest BCUT2D eigenvalue weighted by atomic mass is 9.91. The van der Waals surface area contributed by atoms with E-state index in [2.05, 4.69) is 4.98 Å². The highest BCUT2D eigenvalue weighted by Gasteiger charge is 2.46. The van der Waals surface area contributed by atoms with Crippen LogP contribution in [0.3, 0.4) is 0 Å². The maximum absolute atomic E-state index is 13.2. The van der Waals surface area contributed by atoms with Crippen molar-refractivity contribution in [2.45, 2.75) is 6.04 Å². The molecule has 6 heteroatoms. The number of carbonyl (C=O) groups excluding carboxylic acids is 2. The minimum absolute atomic E-state index is 0.0900. The molecule has 5 rings (SSSR count). The number of benzene rings is 3. The van der Waals surface area contributed by atoms with E-state index in [1.165, 1.54) is 4.90 Å². The predicted molar refractivity (Wildman–Crippen MR) is 123 cm³/mol. The molecular formula is C26H22N2O4. The minimum atomic E-state index is -0.718. The molecule has 1 aliphatic heterocycles. The van der Waals surface area contributed by atoms with Gasteiger partial charge in [0, 0.05) is 36.3 Å². The Bertz CT molecular complexity index is 1380. The molecule has 1 atom stereocenters. The summed E-state index contributed by atoms with van der Waals surface area (Å²) < 4.78 is 5.20. The van der Waals surface area contributed by atoms with E-state index in [9.17, 15) is 14.7 Å². The number of Topliss-reactive ketones (excluding diaryl/α,β-unsaturated/α-hetero) is 1. The normalized spacial score (nSPS) is 18.2. The summed E-state index contributed by atoms with van der Waals surface area (Å²) in [7, 11) is 1.55. The van der Waals surface area contributed by atoms with E-state index in [1.807, 2.05) is 66.7 Å². The number of nitrogens with zero attached hydrogens (tertiary/aromatic N) is 1. The molecule has 1 amide bonds. The van der Waals surface area contributed by atoms with E-state index in [1.54, 1.807) is 13.3 Å². The van der Waals surface area contributed by atoms with Gasteiger partial charge in [-0.05, 0) is 22.4 Å². The number of carbonyl (C=O) groups is 2. The summed E-state index contributed by atoms with van der Waals surface area (Å²) >= 11 is 0. The van der Waals surface area contributed by atoms with Gasteiger partial charge in [-0.15, -0.1) is 0 Å². The standard InChI is InChI=1S/C26H22N2O4/c1-32-14-13-28-23(19-11-6-8-16-7-2-3-9-17(16)19)22(25(30)26(28)31)24(29)20-15-27-21-12-5-4-10-18(20)21/h2-12,15,23,27,29H,13-14H2,1H3/b24-22+. The predicted octanol–water partition coefficient (Wildman–Crippen LogP) is 4.39. The molecule has 1 fully saturated rings. The Kier molecular flexibility index (Phi) is 4.99. The van der Waals surface area contributed by atoms with Crippen molar-refractivity contribution >= 4 is 39.1 Å². The fourth-order valence-corrected chi connectivity index (χ4v) is 4.53. The number of amides is 1. The van der Waals surface area contributed by atoms with Crippen molar-refractivity contribution < 1.29 is 19.4 Å². The number of H-pyrrole nitrogens is 1. The zero-order chi connectivity index (χ0) is 22.2. The van der Waals surface area contributed by atoms with Gasteiger partial charge >= 0.3 is 0 Å². The van der Waals surface area contributed by atoms with Crippen LogP contribution in [0.2, 0.25) is 0 Å². The number of para-hydroxylation sites is 1. The van der Waals surface area contributed by atoms with Crippen LogP contribution >= 0.6 is 0 Å². The zero-order valence-electron chi connectivity index (χ0n) is 17.5. The number of hydrogen-bond donors (Lipinski definition) is 2. The monoisotopic (exact) mass is 426 g/mol. The largest absolute Gasteiger partial charge is 0.507 e. The molecule has 0 bridgehead atoms. The number of aromatic amines is 1. The third kappa shape index (κ3) is 3.08. The van der Waals surface area contributed by atoms with E-state index in [0.29, 0.717) is 5.56 Å². The third-order valence-electron chi connectivity index (χ3n) is 6.04. The van der Waals surface area contributed by atoms with Crippen molar-refractivity contribution in [3.05, 3.63) is 89.6 Å². The number of ether oxygens (including phenoxy) is 1.